The van der Waals surface area contributed by atoms with E-state index in [2.05, 4.69) is 5.32 Å². The molecule has 0 saturated carbocycles. The fourth-order valence-electron chi connectivity index (χ4n) is 3.08. The second-order valence-electron chi connectivity index (χ2n) is 6.59. The van der Waals surface area contributed by atoms with Crippen molar-refractivity contribution < 1.29 is 19.1 Å². The van der Waals surface area contributed by atoms with Gasteiger partial charge in [-0.25, -0.2) is 0 Å². The van der Waals surface area contributed by atoms with Gasteiger partial charge in [-0.05, 0) is 54.4 Å². The Morgan fingerprint density at radius 1 is 0.893 bits per heavy atom. The summed E-state index contributed by atoms with van der Waals surface area (Å²) in [6, 6.07) is 23.4. The molecule has 1 heterocycles. The smallest absolute Gasteiger partial charge is 0.318 e. The molecule has 4 rings (SSSR count). The zero-order valence-electron chi connectivity index (χ0n) is 15.1. The van der Waals surface area contributed by atoms with E-state index in [9.17, 15) is 9.59 Å². The summed E-state index contributed by atoms with van der Waals surface area (Å²) < 4.78 is 11.1. The van der Waals surface area contributed by atoms with E-state index in [0.29, 0.717) is 30.0 Å². The van der Waals surface area contributed by atoms with Crippen molar-refractivity contribution in [3.05, 3.63) is 90.0 Å². The number of amides is 1. The van der Waals surface area contributed by atoms with Crippen molar-refractivity contribution in [3.63, 3.8) is 0 Å². The summed E-state index contributed by atoms with van der Waals surface area (Å²) in [5.41, 5.74) is 2.22. The zero-order valence-corrected chi connectivity index (χ0v) is 15.1. The number of esters is 1. The maximum Gasteiger partial charge on any atom is 0.318 e. The van der Waals surface area contributed by atoms with Crippen LogP contribution in [0.2, 0.25) is 0 Å². The number of ether oxygens (including phenoxy) is 2. The van der Waals surface area contributed by atoms with Crippen LogP contribution in [-0.4, -0.2) is 18.5 Å². The van der Waals surface area contributed by atoms with E-state index >= 15 is 0 Å². The number of carbonyl (C=O) groups is 2. The largest absolute Gasteiger partial charge is 0.492 e. The molecule has 0 unspecified atom stereocenters. The molecular formula is C23H19NO4. The summed E-state index contributed by atoms with van der Waals surface area (Å²) in [5.74, 6) is 0.401. The molecule has 5 nitrogen and oxygen atoms in total. The Morgan fingerprint density at radius 3 is 2.39 bits per heavy atom. The Labute approximate surface area is 162 Å². The number of rotatable bonds is 4. The van der Waals surface area contributed by atoms with Gasteiger partial charge in [0, 0.05) is 11.3 Å². The third-order valence-corrected chi connectivity index (χ3v) is 4.58. The Hall–Kier alpha value is -3.60. The first-order valence-electron chi connectivity index (χ1n) is 9.08. The highest BCUT2D eigenvalue weighted by atomic mass is 16.5. The zero-order chi connectivity index (χ0) is 19.3. The molecule has 0 aliphatic carbocycles. The van der Waals surface area contributed by atoms with Crippen LogP contribution in [0.25, 0.3) is 0 Å². The Morgan fingerprint density at radius 2 is 1.61 bits per heavy atom. The molecule has 28 heavy (non-hydrogen) atoms. The van der Waals surface area contributed by atoms with Crippen molar-refractivity contribution in [2.45, 2.75) is 6.42 Å². The summed E-state index contributed by atoms with van der Waals surface area (Å²) in [4.78, 5) is 24.6. The number of fused-ring (bicyclic) bond motifs is 1. The van der Waals surface area contributed by atoms with E-state index in [0.717, 1.165) is 11.3 Å². The molecule has 1 aliphatic heterocycles. The third-order valence-electron chi connectivity index (χ3n) is 4.58. The molecule has 140 valence electrons. The number of nitrogens with one attached hydrogen (secondary N) is 1. The second kappa shape index (κ2) is 7.96. The van der Waals surface area contributed by atoms with Gasteiger partial charge < -0.3 is 14.8 Å². The minimum Gasteiger partial charge on any atom is -0.492 e. The number of anilines is 1. The third kappa shape index (κ3) is 4.04. The number of hydrogen-bond donors (Lipinski definition) is 1. The van der Waals surface area contributed by atoms with Gasteiger partial charge in [0.2, 0.25) is 0 Å². The van der Waals surface area contributed by atoms with Crippen LogP contribution < -0.4 is 14.8 Å². The van der Waals surface area contributed by atoms with Crippen LogP contribution in [0.5, 0.6) is 11.5 Å². The first-order valence-corrected chi connectivity index (χ1v) is 9.08. The Balaban J connectivity index is 1.36. The lowest BCUT2D eigenvalue weighted by atomic mass is 9.97. The first-order chi connectivity index (χ1) is 13.7. The fraction of sp³-hybridized carbons (Fsp3) is 0.130. The molecular weight excluding hydrogens is 354 g/mol. The first kappa shape index (κ1) is 17.8. The Bertz CT molecular complexity index is 983. The van der Waals surface area contributed by atoms with Gasteiger partial charge in [0.05, 0.1) is 5.92 Å². The van der Waals surface area contributed by atoms with E-state index in [4.69, 9.17) is 9.47 Å². The fourth-order valence-corrected chi connectivity index (χ4v) is 3.08. The summed E-state index contributed by atoms with van der Waals surface area (Å²) in [7, 11) is 0. The van der Waals surface area contributed by atoms with E-state index in [1.165, 1.54) is 0 Å². The summed E-state index contributed by atoms with van der Waals surface area (Å²) in [6.07, 6.45) is 0.597. The Kier molecular flexibility index (Phi) is 5.06. The number of hydrogen-bond acceptors (Lipinski definition) is 4. The standard InChI is InChI=1S/C23H19NO4/c25-22(16-6-2-1-3-7-16)24-19-10-12-20(13-11-19)28-23(26)18-14-17-8-4-5-9-21(17)27-15-18/h1-13,18H,14-15H2,(H,24,25)/t18-/m1/s1. The average Bonchev–Trinajstić information content (AvgIpc) is 2.75. The van der Waals surface area contributed by atoms with Crippen molar-refractivity contribution in [2.75, 3.05) is 11.9 Å². The van der Waals surface area contributed by atoms with Crippen molar-refractivity contribution in [1.82, 2.24) is 0 Å². The van der Waals surface area contributed by atoms with Crippen molar-refractivity contribution in [3.8, 4) is 11.5 Å². The van der Waals surface area contributed by atoms with Crippen LogP contribution in [0.3, 0.4) is 0 Å². The lowest BCUT2D eigenvalue weighted by Gasteiger charge is -2.23. The van der Waals surface area contributed by atoms with Crippen molar-refractivity contribution in [1.29, 1.82) is 0 Å². The quantitative estimate of drug-likeness (QED) is 0.552. The van der Waals surface area contributed by atoms with E-state index in [1.54, 1.807) is 36.4 Å². The highest BCUT2D eigenvalue weighted by Crippen LogP contribution is 2.28. The monoisotopic (exact) mass is 373 g/mol. The molecule has 1 atom stereocenters. The lowest BCUT2D eigenvalue weighted by molar-refractivity contribution is -0.140. The van der Waals surface area contributed by atoms with E-state index in [1.807, 2.05) is 42.5 Å². The SMILES string of the molecule is O=C(Nc1ccc(OC(=O)[C@H]2COc3ccccc3C2)cc1)c1ccccc1. The van der Waals surface area contributed by atoms with Crippen LogP contribution in [-0.2, 0) is 11.2 Å². The van der Waals surface area contributed by atoms with Gasteiger partial charge in [-0.15, -0.1) is 0 Å². The number of benzene rings is 3. The molecule has 0 aromatic heterocycles. The summed E-state index contributed by atoms with van der Waals surface area (Å²) in [5, 5.41) is 2.81. The predicted molar refractivity (Wildman–Crippen MR) is 106 cm³/mol. The van der Waals surface area contributed by atoms with E-state index < -0.39 is 0 Å². The van der Waals surface area contributed by atoms with Gasteiger partial charge in [0.15, 0.2) is 0 Å². The molecule has 1 aliphatic rings. The molecule has 0 saturated heterocycles. The summed E-state index contributed by atoms with van der Waals surface area (Å²) in [6.45, 7) is 0.307. The van der Waals surface area contributed by atoms with Gasteiger partial charge in [0.25, 0.3) is 5.91 Å². The van der Waals surface area contributed by atoms with Gasteiger partial charge in [-0.1, -0.05) is 36.4 Å². The van der Waals surface area contributed by atoms with Crippen molar-refractivity contribution >= 4 is 17.6 Å². The second-order valence-corrected chi connectivity index (χ2v) is 6.59. The van der Waals surface area contributed by atoms with Crippen LogP contribution in [0.4, 0.5) is 5.69 Å². The number of para-hydroxylation sites is 1. The average molecular weight is 373 g/mol. The molecule has 0 spiro atoms. The molecule has 0 radical (unpaired) electrons. The van der Waals surface area contributed by atoms with Crippen LogP contribution in [0.1, 0.15) is 15.9 Å². The van der Waals surface area contributed by atoms with Gasteiger partial charge >= 0.3 is 5.97 Å². The maximum atomic E-state index is 12.5. The molecule has 1 N–H and O–H groups in total. The maximum absolute atomic E-state index is 12.5. The topological polar surface area (TPSA) is 64.6 Å². The van der Waals surface area contributed by atoms with Gasteiger partial charge in [-0.3, -0.25) is 9.59 Å². The molecule has 0 fully saturated rings. The minimum absolute atomic E-state index is 0.191. The van der Waals surface area contributed by atoms with Gasteiger partial charge in [0.1, 0.15) is 18.1 Å². The predicted octanol–water partition coefficient (Wildman–Crippen LogP) is 4.10. The van der Waals surface area contributed by atoms with Crippen LogP contribution in [0.15, 0.2) is 78.9 Å². The molecule has 3 aromatic carbocycles. The van der Waals surface area contributed by atoms with Gasteiger partial charge in [-0.2, -0.15) is 0 Å². The molecule has 1 amide bonds. The highest BCUT2D eigenvalue weighted by molar-refractivity contribution is 6.04. The normalized spacial score (nSPS) is 15.1. The van der Waals surface area contributed by atoms with Crippen LogP contribution >= 0.6 is 0 Å². The van der Waals surface area contributed by atoms with Crippen LogP contribution in [0, 0.1) is 5.92 Å². The summed E-state index contributed by atoms with van der Waals surface area (Å²) >= 11 is 0. The lowest BCUT2D eigenvalue weighted by Crippen LogP contribution is -2.31. The number of carbonyl (C=O) groups excluding carboxylic acids is 2. The molecule has 3 aromatic rings. The van der Waals surface area contributed by atoms with Crippen molar-refractivity contribution in [2.24, 2.45) is 5.92 Å². The highest BCUT2D eigenvalue weighted by Gasteiger charge is 2.27. The molecule has 5 heteroatoms. The van der Waals surface area contributed by atoms with E-state index in [-0.39, 0.29) is 17.8 Å². The molecule has 0 bridgehead atoms. The minimum atomic E-state index is -0.340.